The molecule has 0 unspecified atom stereocenters. The van der Waals surface area contributed by atoms with E-state index in [1.807, 2.05) is 37.3 Å². The topological polar surface area (TPSA) is 75.4 Å². The van der Waals surface area contributed by atoms with Crippen molar-refractivity contribution in [3.63, 3.8) is 0 Å². The highest BCUT2D eigenvalue weighted by atomic mass is 16.4. The molecule has 122 valence electrons. The summed E-state index contributed by atoms with van der Waals surface area (Å²) in [5.41, 5.74) is 1.54. The zero-order chi connectivity index (χ0) is 16.7. The molecule has 0 aliphatic rings. The molecule has 0 radical (unpaired) electrons. The molecule has 2 aromatic rings. The molecule has 0 aliphatic carbocycles. The van der Waals surface area contributed by atoms with Crippen LogP contribution in [0.1, 0.15) is 35.7 Å². The number of carbonyl (C=O) groups excluding carboxylic acids is 1. The second-order valence-electron chi connectivity index (χ2n) is 5.29. The van der Waals surface area contributed by atoms with E-state index in [0.717, 1.165) is 5.56 Å². The summed E-state index contributed by atoms with van der Waals surface area (Å²) in [6.45, 7) is 3.51. The number of aryl methyl sites for hydroxylation is 1. The van der Waals surface area contributed by atoms with Crippen molar-refractivity contribution in [1.29, 1.82) is 0 Å². The Morgan fingerprint density at radius 3 is 2.61 bits per heavy atom. The number of carboxylic acids is 1. The predicted molar refractivity (Wildman–Crippen MR) is 86.0 cm³/mol. The van der Waals surface area contributed by atoms with Gasteiger partial charge in [0.15, 0.2) is 0 Å². The number of nitrogens with zero attached hydrogens (tertiary/aromatic N) is 3. The Morgan fingerprint density at radius 2 is 2.00 bits per heavy atom. The third-order valence-corrected chi connectivity index (χ3v) is 3.53. The third kappa shape index (κ3) is 4.95. The number of aromatic nitrogens is 2. The van der Waals surface area contributed by atoms with Gasteiger partial charge in [-0.3, -0.25) is 14.3 Å². The molecule has 2 rings (SSSR count). The predicted octanol–water partition coefficient (Wildman–Crippen LogP) is 2.41. The summed E-state index contributed by atoms with van der Waals surface area (Å²) >= 11 is 0. The minimum Gasteiger partial charge on any atom is -0.481 e. The average molecular weight is 315 g/mol. The Bertz CT molecular complexity index is 652. The van der Waals surface area contributed by atoms with Crippen LogP contribution in [0.25, 0.3) is 0 Å². The van der Waals surface area contributed by atoms with Crippen LogP contribution in [0.2, 0.25) is 0 Å². The van der Waals surface area contributed by atoms with Crippen LogP contribution in [0.3, 0.4) is 0 Å². The number of rotatable bonds is 8. The van der Waals surface area contributed by atoms with Crippen LogP contribution < -0.4 is 0 Å². The van der Waals surface area contributed by atoms with Gasteiger partial charge in [0.1, 0.15) is 0 Å². The molecule has 0 saturated carbocycles. The second-order valence-corrected chi connectivity index (χ2v) is 5.29. The number of aliphatic carboxylic acids is 1. The third-order valence-electron chi connectivity index (χ3n) is 3.53. The van der Waals surface area contributed by atoms with Crippen LogP contribution in [0.4, 0.5) is 0 Å². The first kappa shape index (κ1) is 16.7. The van der Waals surface area contributed by atoms with Crippen molar-refractivity contribution in [3.8, 4) is 0 Å². The minimum absolute atomic E-state index is 0.0484. The van der Waals surface area contributed by atoms with Gasteiger partial charge >= 0.3 is 5.97 Å². The van der Waals surface area contributed by atoms with Crippen molar-refractivity contribution < 1.29 is 14.7 Å². The average Bonchev–Trinajstić information content (AvgIpc) is 3.03. The molecule has 1 aromatic heterocycles. The first-order valence-corrected chi connectivity index (χ1v) is 7.67. The normalized spacial score (nSPS) is 10.5. The zero-order valence-electron chi connectivity index (χ0n) is 13.2. The van der Waals surface area contributed by atoms with Crippen molar-refractivity contribution in [2.24, 2.45) is 0 Å². The van der Waals surface area contributed by atoms with E-state index in [1.165, 1.54) is 0 Å². The smallest absolute Gasteiger partial charge is 0.303 e. The molecule has 1 heterocycles. The van der Waals surface area contributed by atoms with E-state index >= 15 is 0 Å². The molecule has 6 nitrogen and oxygen atoms in total. The molecular formula is C17H21N3O3. The Kier molecular flexibility index (Phi) is 5.91. The summed E-state index contributed by atoms with van der Waals surface area (Å²) in [5, 5.41) is 12.9. The van der Waals surface area contributed by atoms with Gasteiger partial charge in [0.25, 0.3) is 5.91 Å². The maximum atomic E-state index is 12.7. The highest BCUT2D eigenvalue weighted by Crippen LogP contribution is 2.11. The molecule has 23 heavy (non-hydrogen) atoms. The van der Waals surface area contributed by atoms with Gasteiger partial charge in [-0.1, -0.05) is 30.3 Å². The molecule has 1 N–H and O–H groups in total. The lowest BCUT2D eigenvalue weighted by atomic mass is 10.2. The van der Waals surface area contributed by atoms with E-state index in [1.54, 1.807) is 22.0 Å². The van der Waals surface area contributed by atoms with Gasteiger partial charge in [0, 0.05) is 32.3 Å². The molecule has 1 amide bonds. The first-order chi connectivity index (χ1) is 11.1. The van der Waals surface area contributed by atoms with Gasteiger partial charge in [-0.25, -0.2) is 0 Å². The summed E-state index contributed by atoms with van der Waals surface area (Å²) < 4.78 is 1.70. The molecule has 1 aromatic carbocycles. The van der Waals surface area contributed by atoms with Crippen LogP contribution in [-0.2, 0) is 17.9 Å². The number of benzene rings is 1. The molecule has 0 aliphatic heterocycles. The first-order valence-electron chi connectivity index (χ1n) is 7.67. The van der Waals surface area contributed by atoms with Gasteiger partial charge < -0.3 is 10.0 Å². The summed E-state index contributed by atoms with van der Waals surface area (Å²) in [6, 6.07) is 9.67. The summed E-state index contributed by atoms with van der Waals surface area (Å²) in [6.07, 6.45) is 3.75. The number of carboxylic acid groups (broad SMARTS) is 1. The summed E-state index contributed by atoms with van der Waals surface area (Å²) in [5.74, 6) is -0.977. The molecule has 0 spiro atoms. The van der Waals surface area contributed by atoms with E-state index in [9.17, 15) is 9.59 Å². The van der Waals surface area contributed by atoms with Crippen LogP contribution in [0, 0.1) is 0 Å². The van der Waals surface area contributed by atoms with Crippen molar-refractivity contribution in [2.45, 2.75) is 32.9 Å². The van der Waals surface area contributed by atoms with Crippen LogP contribution in [-0.4, -0.2) is 38.2 Å². The van der Waals surface area contributed by atoms with Crippen LogP contribution >= 0.6 is 0 Å². The van der Waals surface area contributed by atoms with E-state index in [4.69, 9.17) is 5.11 Å². The van der Waals surface area contributed by atoms with E-state index in [0.29, 0.717) is 31.6 Å². The molecule has 0 fully saturated rings. The maximum Gasteiger partial charge on any atom is 0.303 e. The second kappa shape index (κ2) is 8.12. The van der Waals surface area contributed by atoms with Crippen molar-refractivity contribution >= 4 is 11.9 Å². The molecular weight excluding hydrogens is 294 g/mol. The number of hydrogen-bond donors (Lipinski definition) is 1. The van der Waals surface area contributed by atoms with E-state index in [-0.39, 0.29) is 12.3 Å². The van der Waals surface area contributed by atoms with Crippen molar-refractivity contribution in [2.75, 3.05) is 6.54 Å². The van der Waals surface area contributed by atoms with Gasteiger partial charge in [-0.15, -0.1) is 0 Å². The zero-order valence-corrected chi connectivity index (χ0v) is 13.2. The lowest BCUT2D eigenvalue weighted by Crippen LogP contribution is -2.31. The highest BCUT2D eigenvalue weighted by molar-refractivity contribution is 5.93. The van der Waals surface area contributed by atoms with Crippen LogP contribution in [0.15, 0.2) is 42.7 Å². The fourth-order valence-corrected chi connectivity index (χ4v) is 2.31. The lowest BCUT2D eigenvalue weighted by Gasteiger charge is -2.22. The summed E-state index contributed by atoms with van der Waals surface area (Å²) in [4.78, 5) is 25.1. The molecule has 0 bridgehead atoms. The lowest BCUT2D eigenvalue weighted by molar-refractivity contribution is -0.137. The standard InChI is InChI=1S/C17H21N3O3/c1-2-20-13-15(11-18-20)17(23)19(10-6-9-16(21)22)12-14-7-4-3-5-8-14/h3-5,7-8,11,13H,2,6,9-10,12H2,1H3,(H,21,22). The SMILES string of the molecule is CCn1cc(C(=O)N(CCCC(=O)O)Cc2ccccc2)cn1. The summed E-state index contributed by atoms with van der Waals surface area (Å²) in [7, 11) is 0. The Morgan fingerprint density at radius 1 is 1.26 bits per heavy atom. The minimum atomic E-state index is -0.851. The monoisotopic (exact) mass is 315 g/mol. The molecule has 6 heteroatoms. The van der Waals surface area contributed by atoms with Crippen LogP contribution in [0.5, 0.6) is 0 Å². The maximum absolute atomic E-state index is 12.7. The Balaban J connectivity index is 2.10. The largest absolute Gasteiger partial charge is 0.481 e. The Hall–Kier alpha value is -2.63. The van der Waals surface area contributed by atoms with E-state index < -0.39 is 5.97 Å². The Labute approximate surface area is 135 Å². The van der Waals surface area contributed by atoms with Gasteiger partial charge in [0.2, 0.25) is 0 Å². The van der Waals surface area contributed by atoms with Crippen molar-refractivity contribution in [1.82, 2.24) is 14.7 Å². The number of carbonyl (C=O) groups is 2. The fraction of sp³-hybridized carbons (Fsp3) is 0.353. The molecule has 0 atom stereocenters. The van der Waals surface area contributed by atoms with Gasteiger partial charge in [-0.05, 0) is 18.9 Å². The van der Waals surface area contributed by atoms with Crippen molar-refractivity contribution in [3.05, 3.63) is 53.9 Å². The van der Waals surface area contributed by atoms with E-state index in [2.05, 4.69) is 5.10 Å². The van der Waals surface area contributed by atoms with Gasteiger partial charge in [0.05, 0.1) is 11.8 Å². The highest BCUT2D eigenvalue weighted by Gasteiger charge is 2.18. The number of amides is 1. The number of hydrogen-bond acceptors (Lipinski definition) is 3. The van der Waals surface area contributed by atoms with Gasteiger partial charge in [-0.2, -0.15) is 5.10 Å². The quantitative estimate of drug-likeness (QED) is 0.811. The fourth-order valence-electron chi connectivity index (χ4n) is 2.31. The molecule has 0 saturated heterocycles.